The molecule has 1 saturated carbocycles. The minimum atomic E-state index is -2.00. The highest BCUT2D eigenvalue weighted by Crippen LogP contribution is 2.41. The molecule has 2 bridgehead atoms. The Bertz CT molecular complexity index is 2850. The van der Waals surface area contributed by atoms with Crippen molar-refractivity contribution in [2.45, 2.75) is 159 Å². The molecule has 5 fully saturated rings. The van der Waals surface area contributed by atoms with Crippen molar-refractivity contribution in [3.8, 4) is 22.3 Å². The van der Waals surface area contributed by atoms with Gasteiger partial charge in [-0.2, -0.15) is 5.26 Å². The number of amides is 5. The molecule has 4 aromatic rings. The quantitative estimate of drug-likeness (QED) is 0.0586. The topological polar surface area (TPSA) is 201 Å². The van der Waals surface area contributed by atoms with Crippen LogP contribution in [0.1, 0.15) is 137 Å². The number of rotatable bonds is 21. The average molecular weight is 1120 g/mol. The van der Waals surface area contributed by atoms with Gasteiger partial charge in [0, 0.05) is 87.9 Å². The van der Waals surface area contributed by atoms with E-state index in [0.29, 0.717) is 34.0 Å². The molecular weight excluding hydrogens is 1050 g/mol. The maximum atomic E-state index is 14.8. The summed E-state index contributed by atoms with van der Waals surface area (Å²) in [6.45, 7) is 12.4. The number of nitriles is 1. The number of piperidine rings is 1. The number of unbranched alkanes of at least 4 members (excludes halogenated alkanes) is 4. The number of aromatic nitrogens is 1. The van der Waals surface area contributed by atoms with E-state index in [0.717, 1.165) is 112 Å². The number of carbonyl (C=O) groups is 5. The van der Waals surface area contributed by atoms with Gasteiger partial charge < -0.3 is 40.5 Å². The molecule has 5 amide bonds. The fourth-order valence-electron chi connectivity index (χ4n) is 11.8. The fraction of sp³-hybridized carbons (Fsp3) is 0.550. The molecule has 9 rings (SSSR count). The van der Waals surface area contributed by atoms with Crippen LogP contribution in [0.25, 0.3) is 10.4 Å². The molecule has 4 aliphatic heterocycles. The van der Waals surface area contributed by atoms with Gasteiger partial charge in [0.1, 0.15) is 30.0 Å². The average Bonchev–Trinajstić information content (AvgIpc) is 3.72. The van der Waals surface area contributed by atoms with Crippen LogP contribution in [0.3, 0.4) is 0 Å². The van der Waals surface area contributed by atoms with E-state index in [2.05, 4.69) is 53.8 Å². The molecule has 1 aromatic heterocycles. The molecule has 4 N–H and O–H groups in total. The smallest absolute Gasteiger partial charge is 0.258 e. The Morgan fingerprint density at radius 3 is 2.23 bits per heavy atom. The molecule has 5 heterocycles. The van der Waals surface area contributed by atoms with E-state index >= 15 is 0 Å². The van der Waals surface area contributed by atoms with Gasteiger partial charge in [0.25, 0.3) is 11.8 Å². The highest BCUT2D eigenvalue weighted by atomic mass is 35.5. The normalized spacial score (nSPS) is 22.4. The van der Waals surface area contributed by atoms with E-state index in [-0.39, 0.29) is 62.2 Å². The molecule has 0 spiro atoms. The fourth-order valence-corrected chi connectivity index (χ4v) is 12.8. The number of aliphatic hydroxyl groups excluding tert-OH is 1. The number of hydrogen-bond donors (Lipinski definition) is 4. The van der Waals surface area contributed by atoms with Gasteiger partial charge in [-0.1, -0.05) is 75.9 Å². The first kappa shape index (κ1) is 57.6. The molecule has 19 heteroatoms. The zero-order chi connectivity index (χ0) is 56.0. The summed E-state index contributed by atoms with van der Waals surface area (Å²) in [4.78, 5) is 82.2. The maximum Gasteiger partial charge on any atom is 0.258 e. The largest absolute Gasteiger partial charge is 0.490 e. The Kier molecular flexibility index (Phi) is 18.3. The second kappa shape index (κ2) is 25.1. The number of carbonyl (C=O) groups excluding carboxylic acids is 5. The standard InChI is InChI=1S/C60H75ClFN9O7S/c1-38-53(79-37-65-38)40-12-10-39(11-13-40)50(66-55(74)51-32-46(72)36-70(51)57(76)54(59(2,3)4)67-58(77)60(62)22-23-60)34-52(73)64-24-8-6-5-7-9-25-68-26-28-69(29-27-68)43-17-14-41(15-18-43)56(75)71-44-19-20-45(71)31-48(30-44)78-47-21-16-42(35-63)49(61)33-47/h10-18,21,33,37,44-46,48,50-51,54,72H,5-9,19-20,22-32,34,36H2,1-4H3,(H,64,73)(H,66,74)(H,67,77)/t44-,45+,46-,48?,50-,51+,54-/m0/s1. The van der Waals surface area contributed by atoms with E-state index in [1.807, 2.05) is 43.3 Å². The number of fused-ring (bicyclic) bond motifs is 2. The van der Waals surface area contributed by atoms with Crippen molar-refractivity contribution in [1.29, 1.82) is 5.26 Å². The van der Waals surface area contributed by atoms with Gasteiger partial charge in [0.2, 0.25) is 17.7 Å². The van der Waals surface area contributed by atoms with Gasteiger partial charge >= 0.3 is 0 Å². The molecule has 1 aliphatic carbocycles. The molecule has 4 saturated heterocycles. The van der Waals surface area contributed by atoms with Crippen LogP contribution < -0.4 is 25.6 Å². The van der Waals surface area contributed by atoms with Gasteiger partial charge in [-0.05, 0) is 105 Å². The molecule has 0 radical (unpaired) electrons. The predicted molar refractivity (Wildman–Crippen MR) is 302 cm³/mol. The monoisotopic (exact) mass is 1120 g/mol. The Balaban J connectivity index is 0.692. The number of benzene rings is 3. The number of piperazine rings is 1. The molecule has 1 unspecified atom stereocenters. The Morgan fingerprint density at radius 1 is 0.911 bits per heavy atom. The predicted octanol–water partition coefficient (Wildman–Crippen LogP) is 8.29. The van der Waals surface area contributed by atoms with Gasteiger partial charge in [-0.25, -0.2) is 9.37 Å². The van der Waals surface area contributed by atoms with Crippen molar-refractivity contribution in [1.82, 2.24) is 35.6 Å². The summed E-state index contributed by atoms with van der Waals surface area (Å²) in [6.07, 6.45) is 7.54. The van der Waals surface area contributed by atoms with E-state index in [4.69, 9.17) is 16.3 Å². The first-order valence-corrected chi connectivity index (χ1v) is 29.5. The van der Waals surface area contributed by atoms with Crippen LogP contribution in [0.15, 0.2) is 72.2 Å². The third kappa shape index (κ3) is 14.1. The lowest BCUT2D eigenvalue weighted by molar-refractivity contribution is -0.145. The lowest BCUT2D eigenvalue weighted by Gasteiger charge is -2.39. The third-order valence-corrected chi connectivity index (χ3v) is 17.8. The second-order valence-corrected chi connectivity index (χ2v) is 24.6. The minimum Gasteiger partial charge on any atom is -0.490 e. The minimum absolute atomic E-state index is 0.0112. The SMILES string of the molecule is Cc1ncsc1-c1ccc([C@H](CC(=O)NCCCCCCCN2CCN(c3ccc(C(=O)N4[C@@H]5CC[C@H]4CC(Oc4ccc(C#N)c(Cl)c4)C5)cc3)CC2)NC(=O)[C@H]2C[C@H](O)CN2C(=O)[C@H](NC(=O)C2(F)CC2)C(C)(C)C)cc1. The number of thiazole rings is 1. The van der Waals surface area contributed by atoms with Gasteiger partial charge in [0.05, 0.1) is 45.2 Å². The maximum absolute atomic E-state index is 14.8. The van der Waals surface area contributed by atoms with Crippen LogP contribution in [0.2, 0.25) is 5.02 Å². The van der Waals surface area contributed by atoms with E-state index in [1.54, 1.807) is 44.5 Å². The third-order valence-electron chi connectivity index (χ3n) is 16.5. The summed E-state index contributed by atoms with van der Waals surface area (Å²) >= 11 is 7.77. The first-order chi connectivity index (χ1) is 37.9. The van der Waals surface area contributed by atoms with Crippen LogP contribution in [0.5, 0.6) is 5.75 Å². The summed E-state index contributed by atoms with van der Waals surface area (Å²) in [6, 6.07) is 20.3. The summed E-state index contributed by atoms with van der Waals surface area (Å²) < 4.78 is 21.1. The molecule has 3 aromatic carbocycles. The number of nitrogens with zero attached hydrogens (tertiary/aromatic N) is 6. The number of halogens is 2. The van der Waals surface area contributed by atoms with Crippen LogP contribution in [-0.2, 0) is 19.2 Å². The zero-order valence-electron chi connectivity index (χ0n) is 45.9. The highest BCUT2D eigenvalue weighted by molar-refractivity contribution is 7.13. The van der Waals surface area contributed by atoms with Crippen molar-refractivity contribution < 1.29 is 38.2 Å². The zero-order valence-corrected chi connectivity index (χ0v) is 47.4. The van der Waals surface area contributed by atoms with Crippen molar-refractivity contribution >= 4 is 58.2 Å². The number of hydrogen-bond acceptors (Lipinski definition) is 12. The van der Waals surface area contributed by atoms with E-state index in [1.165, 1.54) is 16.2 Å². The van der Waals surface area contributed by atoms with Gasteiger partial charge in [-0.15, -0.1) is 11.3 Å². The van der Waals surface area contributed by atoms with Gasteiger partial charge in [-0.3, -0.25) is 28.9 Å². The van der Waals surface area contributed by atoms with Crippen LogP contribution >= 0.6 is 22.9 Å². The molecule has 7 atom stereocenters. The van der Waals surface area contributed by atoms with Crippen molar-refractivity contribution in [2.24, 2.45) is 5.41 Å². The van der Waals surface area contributed by atoms with Crippen LogP contribution in [0.4, 0.5) is 10.1 Å². The number of likely N-dealkylation sites (tertiary alicyclic amines) is 1. The van der Waals surface area contributed by atoms with E-state index in [9.17, 15) is 38.7 Å². The number of aliphatic hydroxyl groups is 1. The Morgan fingerprint density at radius 2 is 1.59 bits per heavy atom. The summed E-state index contributed by atoms with van der Waals surface area (Å²) in [5.41, 5.74) is 3.78. The van der Waals surface area contributed by atoms with Gasteiger partial charge in [0.15, 0.2) is 5.67 Å². The number of β-amino-alcohol motifs (C(OH)–C–C–N with tert-alkyl or cyclic N) is 1. The van der Waals surface area contributed by atoms with Crippen molar-refractivity contribution in [2.75, 3.05) is 50.7 Å². The van der Waals surface area contributed by atoms with Crippen LogP contribution in [0, 0.1) is 23.7 Å². The van der Waals surface area contributed by atoms with Crippen molar-refractivity contribution in [3.63, 3.8) is 0 Å². The molecular formula is C60H75ClFN9O7S. The number of ether oxygens (including phenoxy) is 1. The summed E-state index contributed by atoms with van der Waals surface area (Å²) in [5, 5.41) is 29.1. The molecule has 79 heavy (non-hydrogen) atoms. The first-order valence-electron chi connectivity index (χ1n) is 28.2. The Hall–Kier alpha value is -6.13. The van der Waals surface area contributed by atoms with Crippen LogP contribution in [-0.4, -0.2) is 142 Å². The summed E-state index contributed by atoms with van der Waals surface area (Å²) in [7, 11) is 0. The lowest BCUT2D eigenvalue weighted by Crippen LogP contribution is -2.59. The Labute approximate surface area is 472 Å². The number of alkyl halides is 1. The molecule has 5 aliphatic rings. The summed E-state index contributed by atoms with van der Waals surface area (Å²) in [5.74, 6) is -1.46. The second-order valence-electron chi connectivity index (χ2n) is 23.3. The van der Waals surface area contributed by atoms with Crippen molar-refractivity contribution in [3.05, 3.63) is 99.6 Å². The lowest BCUT2D eigenvalue weighted by atomic mass is 9.85. The number of nitrogens with one attached hydrogen (secondary N) is 3. The number of anilines is 1. The van der Waals surface area contributed by atoms with E-state index < -0.39 is 53.0 Å². The molecule has 16 nitrogen and oxygen atoms in total. The molecule has 422 valence electrons. The number of aryl methyl sites for hydroxylation is 1. The highest BCUT2D eigenvalue weighted by Gasteiger charge is 2.53.